The van der Waals surface area contributed by atoms with E-state index in [2.05, 4.69) is 61.8 Å². The Labute approximate surface area is 271 Å². The van der Waals surface area contributed by atoms with Gasteiger partial charge in [0.15, 0.2) is 0 Å². The predicted octanol–water partition coefficient (Wildman–Crippen LogP) is 6.30. The van der Waals surface area contributed by atoms with Crippen molar-refractivity contribution in [2.24, 2.45) is 11.8 Å². The summed E-state index contributed by atoms with van der Waals surface area (Å²) in [4.78, 5) is 22.3. The number of nitrogens with zero attached hydrogens (tertiary/aromatic N) is 6. The Hall–Kier alpha value is -3.95. The van der Waals surface area contributed by atoms with Crippen LogP contribution in [-0.2, 0) is 0 Å². The summed E-state index contributed by atoms with van der Waals surface area (Å²) in [6, 6.07) is 12.4. The van der Waals surface area contributed by atoms with Crippen LogP contribution >= 0.6 is 0 Å². The van der Waals surface area contributed by atoms with Crippen molar-refractivity contribution in [3.05, 3.63) is 83.7 Å². The summed E-state index contributed by atoms with van der Waals surface area (Å²) in [5.41, 5.74) is 6.99. The second-order valence-corrected chi connectivity index (χ2v) is 13.4. The van der Waals surface area contributed by atoms with Crippen molar-refractivity contribution in [2.75, 3.05) is 39.3 Å². The maximum absolute atomic E-state index is 13.9. The molecule has 0 radical (unpaired) electrons. The van der Waals surface area contributed by atoms with Gasteiger partial charge in [-0.2, -0.15) is 0 Å². The van der Waals surface area contributed by atoms with Crippen LogP contribution in [0.15, 0.2) is 61.2 Å². The van der Waals surface area contributed by atoms with Crippen molar-refractivity contribution >= 4 is 0 Å². The first-order valence-electron chi connectivity index (χ1n) is 16.6. The van der Waals surface area contributed by atoms with Crippen molar-refractivity contribution in [3.8, 4) is 34.3 Å². The lowest BCUT2D eigenvalue weighted by Crippen LogP contribution is -2.52. The lowest BCUT2D eigenvalue weighted by Gasteiger charge is -2.43. The van der Waals surface area contributed by atoms with Gasteiger partial charge >= 0.3 is 12.0 Å². The molecule has 6 fully saturated rings. The van der Waals surface area contributed by atoms with Crippen molar-refractivity contribution < 1.29 is 13.9 Å². The molecule has 0 amide bonds. The molecule has 6 aliphatic heterocycles. The topological polar surface area (TPSA) is 76.5 Å². The summed E-state index contributed by atoms with van der Waals surface area (Å²) in [7, 11) is 0. The third-order valence-electron chi connectivity index (χ3n) is 10.2. The molecule has 6 saturated heterocycles. The summed E-state index contributed by atoms with van der Waals surface area (Å²) < 4.78 is 26.0. The van der Waals surface area contributed by atoms with Crippen LogP contribution in [0.25, 0.3) is 22.3 Å². The number of fused-ring (bicyclic) bond motifs is 6. The van der Waals surface area contributed by atoms with Gasteiger partial charge in [0, 0.05) is 54.6 Å². The summed E-state index contributed by atoms with van der Waals surface area (Å²) in [5.74, 6) is 1.02. The Morgan fingerprint density at radius 1 is 0.609 bits per heavy atom. The molecule has 2 atom stereocenters. The number of piperidine rings is 6. The zero-order valence-corrected chi connectivity index (χ0v) is 27.0. The van der Waals surface area contributed by atoms with Crippen molar-refractivity contribution in [1.29, 1.82) is 0 Å². The second kappa shape index (κ2) is 13.4. The van der Waals surface area contributed by atoms with Crippen molar-refractivity contribution in [1.82, 2.24) is 29.7 Å². The smallest absolute Gasteiger partial charge is 0.316 e. The Bertz CT molecular complexity index is 1630. The molecule has 2 aromatic carbocycles. The van der Waals surface area contributed by atoms with Gasteiger partial charge in [0.1, 0.15) is 18.0 Å². The monoisotopic (exact) mass is 622 g/mol. The minimum absolute atomic E-state index is 0.180. The van der Waals surface area contributed by atoms with E-state index in [1.807, 2.05) is 25.4 Å². The van der Waals surface area contributed by atoms with E-state index >= 15 is 0 Å². The standard InChI is InChI=1S/C19H23N3O.C18H20FN3O/c1-13-3-4-16(9-14(13)2)17-10-20-19(21-11-17)23-18-12-22-7-5-15(18)6-8-22;1-12-2-3-16(19)15(8-12)14-9-20-18(21-10-14)23-17-11-22-6-4-13(17)5-7-22/h3-4,9-11,15,18H,5-8,12H2,1-2H3;2-3,8-10,13,17H,4-7,11H2,1H3/t18-;/m0./s1. The lowest BCUT2D eigenvalue weighted by atomic mass is 9.86. The van der Waals surface area contributed by atoms with Crippen LogP contribution in [0.5, 0.6) is 12.0 Å². The van der Waals surface area contributed by atoms with Gasteiger partial charge in [-0.15, -0.1) is 0 Å². The third kappa shape index (κ3) is 6.90. The minimum Gasteiger partial charge on any atom is -0.458 e. The number of aryl methyl sites for hydroxylation is 3. The van der Waals surface area contributed by atoms with E-state index in [0.717, 1.165) is 29.8 Å². The van der Waals surface area contributed by atoms with Crippen LogP contribution in [0.2, 0.25) is 0 Å². The molecule has 0 spiro atoms. The third-order valence-corrected chi connectivity index (χ3v) is 10.2. The van der Waals surface area contributed by atoms with E-state index in [1.54, 1.807) is 18.5 Å². The molecule has 4 bridgehead atoms. The predicted molar refractivity (Wildman–Crippen MR) is 176 cm³/mol. The van der Waals surface area contributed by atoms with Crippen molar-refractivity contribution in [2.45, 2.75) is 58.7 Å². The Morgan fingerprint density at radius 2 is 1.13 bits per heavy atom. The van der Waals surface area contributed by atoms with Crippen LogP contribution in [0, 0.1) is 38.4 Å². The molecule has 1 unspecified atom stereocenters. The van der Waals surface area contributed by atoms with E-state index < -0.39 is 0 Å². The van der Waals surface area contributed by atoms with Gasteiger partial charge in [-0.1, -0.05) is 29.8 Å². The Morgan fingerprint density at radius 3 is 1.61 bits per heavy atom. The number of ether oxygens (including phenoxy) is 2. The zero-order chi connectivity index (χ0) is 31.6. The molecule has 8 heterocycles. The number of halogens is 1. The quantitative estimate of drug-likeness (QED) is 0.248. The molecule has 6 aliphatic rings. The van der Waals surface area contributed by atoms with Gasteiger partial charge in [-0.3, -0.25) is 9.80 Å². The Kier molecular flexibility index (Phi) is 8.95. The SMILES string of the molecule is Cc1ccc(-c2cnc(O[C@H]3CN4CCC3CC4)nc2)cc1C.Cc1ccc(F)c(-c2cnc(OC3CN4CCC3CC4)nc2)c1. The fourth-order valence-electron chi connectivity index (χ4n) is 7.18. The fraction of sp³-hybridized carbons (Fsp3) is 0.459. The van der Waals surface area contributed by atoms with E-state index in [9.17, 15) is 4.39 Å². The van der Waals surface area contributed by atoms with Crippen LogP contribution in [0.4, 0.5) is 4.39 Å². The van der Waals surface area contributed by atoms with E-state index in [0.29, 0.717) is 35.0 Å². The van der Waals surface area contributed by atoms with Gasteiger partial charge in [0.05, 0.1) is 0 Å². The van der Waals surface area contributed by atoms with Gasteiger partial charge < -0.3 is 9.47 Å². The first-order valence-corrected chi connectivity index (χ1v) is 16.6. The highest BCUT2D eigenvalue weighted by Crippen LogP contribution is 2.32. The maximum atomic E-state index is 13.9. The first-order chi connectivity index (χ1) is 22.4. The molecule has 0 aliphatic carbocycles. The molecular weight excluding hydrogens is 579 g/mol. The van der Waals surface area contributed by atoms with E-state index in [-0.39, 0.29) is 18.0 Å². The number of rotatable bonds is 6. The van der Waals surface area contributed by atoms with Gasteiger partial charge in [-0.05, 0) is 113 Å². The first kappa shape index (κ1) is 30.7. The molecule has 240 valence electrons. The molecule has 46 heavy (non-hydrogen) atoms. The highest BCUT2D eigenvalue weighted by atomic mass is 19.1. The highest BCUT2D eigenvalue weighted by molar-refractivity contribution is 5.64. The average molecular weight is 623 g/mol. The molecule has 10 rings (SSSR count). The van der Waals surface area contributed by atoms with Gasteiger partial charge in [0.25, 0.3) is 0 Å². The number of aromatic nitrogens is 4. The summed E-state index contributed by atoms with van der Waals surface area (Å²) in [6.07, 6.45) is 12.3. The number of hydrogen-bond acceptors (Lipinski definition) is 8. The van der Waals surface area contributed by atoms with E-state index in [1.165, 1.54) is 69.1 Å². The highest BCUT2D eigenvalue weighted by Gasteiger charge is 2.37. The second-order valence-electron chi connectivity index (χ2n) is 13.4. The van der Waals surface area contributed by atoms with Gasteiger partial charge in [0.2, 0.25) is 0 Å². The number of benzene rings is 2. The molecule has 4 aromatic rings. The molecule has 0 saturated carbocycles. The molecule has 8 nitrogen and oxygen atoms in total. The normalized spacial score (nSPS) is 26.3. The molecule has 2 aromatic heterocycles. The van der Waals surface area contributed by atoms with Crippen LogP contribution in [0.3, 0.4) is 0 Å². The zero-order valence-electron chi connectivity index (χ0n) is 27.0. The summed E-state index contributed by atoms with van der Waals surface area (Å²) >= 11 is 0. The largest absolute Gasteiger partial charge is 0.458 e. The van der Waals surface area contributed by atoms with E-state index in [4.69, 9.17) is 9.47 Å². The Balaban J connectivity index is 0.000000147. The summed E-state index contributed by atoms with van der Waals surface area (Å²) in [5, 5.41) is 0. The van der Waals surface area contributed by atoms with Crippen LogP contribution in [-0.4, -0.2) is 81.2 Å². The summed E-state index contributed by atoms with van der Waals surface area (Å²) in [6.45, 7) is 13.0. The number of hydrogen-bond donors (Lipinski definition) is 0. The molecule has 0 N–H and O–H groups in total. The molecule has 9 heteroatoms. The van der Waals surface area contributed by atoms with Crippen molar-refractivity contribution in [3.63, 3.8) is 0 Å². The lowest BCUT2D eigenvalue weighted by molar-refractivity contribution is -0.0124. The fourth-order valence-corrected chi connectivity index (χ4v) is 7.18. The van der Waals surface area contributed by atoms with Gasteiger partial charge in [-0.25, -0.2) is 24.3 Å². The molecular formula is C37H43FN6O2. The van der Waals surface area contributed by atoms with Crippen LogP contribution < -0.4 is 9.47 Å². The average Bonchev–Trinajstić information content (AvgIpc) is 3.09. The van der Waals surface area contributed by atoms with Crippen LogP contribution in [0.1, 0.15) is 42.4 Å². The maximum Gasteiger partial charge on any atom is 0.316 e. The minimum atomic E-state index is -0.259.